The number of guanidine groups is 1. The molecule has 0 aromatic carbocycles. The Kier molecular flexibility index (Phi) is 1.95. The van der Waals surface area contributed by atoms with Crippen molar-refractivity contribution in [3.05, 3.63) is 22.0 Å². The van der Waals surface area contributed by atoms with E-state index in [-0.39, 0.29) is 11.7 Å². The van der Waals surface area contributed by atoms with Gasteiger partial charge in [-0.3, -0.25) is 10.1 Å². The van der Waals surface area contributed by atoms with Crippen molar-refractivity contribution in [3.63, 3.8) is 0 Å². The number of aliphatic imine (C=N–C) groups is 1. The summed E-state index contributed by atoms with van der Waals surface area (Å²) in [6, 6.07) is 0. The molecule has 0 radical (unpaired) electrons. The Hall–Kier alpha value is -1.30. The van der Waals surface area contributed by atoms with E-state index in [1.54, 1.807) is 0 Å². The summed E-state index contributed by atoms with van der Waals surface area (Å²) in [5, 5.41) is 12.6. The molecule has 1 rings (SSSR count). The summed E-state index contributed by atoms with van der Waals surface area (Å²) in [5.41, 5.74) is 4.07. The second kappa shape index (κ2) is 2.75. The minimum atomic E-state index is -0.900. The zero-order valence-electron chi connectivity index (χ0n) is 5.32. The zero-order valence-corrected chi connectivity index (χ0v) is 6.08. The lowest BCUT2D eigenvalue weighted by atomic mass is 10.4. The Morgan fingerprint density at radius 1 is 1.91 bits per heavy atom. The maximum absolute atomic E-state index is 10.2. The molecule has 60 valence electrons. The van der Waals surface area contributed by atoms with Crippen LogP contribution in [0.25, 0.3) is 0 Å². The maximum Gasteiger partial charge on any atom is 0.301 e. The number of nitro groups is 1. The second-order valence-corrected chi connectivity index (χ2v) is 2.27. The molecule has 7 heteroatoms. The number of nitrogens with one attached hydrogen (secondary N) is 1. The third kappa shape index (κ3) is 1.58. The summed E-state index contributed by atoms with van der Waals surface area (Å²) in [6.45, 7) is 0. The van der Waals surface area contributed by atoms with Crippen LogP contribution in [0.2, 0.25) is 0 Å². The predicted molar refractivity (Wildman–Crippen MR) is 39.5 cm³/mol. The van der Waals surface area contributed by atoms with Crippen LogP contribution in [0.5, 0.6) is 0 Å². The quantitative estimate of drug-likeness (QED) is 0.246. The Labute approximate surface area is 66.9 Å². The first-order valence-corrected chi connectivity index (χ1v) is 3.13. The van der Waals surface area contributed by atoms with Crippen LogP contribution in [0.15, 0.2) is 16.9 Å². The zero-order chi connectivity index (χ0) is 8.43. The largest absolute Gasteiger partial charge is 0.370 e. The number of halogens is 1. The van der Waals surface area contributed by atoms with Crippen molar-refractivity contribution in [1.29, 1.82) is 0 Å². The van der Waals surface area contributed by atoms with Crippen LogP contribution < -0.4 is 11.1 Å². The van der Waals surface area contributed by atoms with Crippen molar-refractivity contribution in [2.75, 3.05) is 0 Å². The van der Waals surface area contributed by atoms with E-state index in [9.17, 15) is 10.1 Å². The molecule has 0 saturated heterocycles. The van der Waals surface area contributed by atoms with E-state index in [0.717, 1.165) is 6.20 Å². The van der Waals surface area contributed by atoms with Gasteiger partial charge in [0.25, 0.3) is 0 Å². The SMILES string of the molecule is NC1=NC=C([N+](=O)[O-])C(Cl)N1. The van der Waals surface area contributed by atoms with Gasteiger partial charge < -0.3 is 11.1 Å². The first-order chi connectivity index (χ1) is 5.11. The lowest BCUT2D eigenvalue weighted by molar-refractivity contribution is -0.428. The third-order valence-corrected chi connectivity index (χ3v) is 1.41. The van der Waals surface area contributed by atoms with E-state index >= 15 is 0 Å². The van der Waals surface area contributed by atoms with E-state index in [1.807, 2.05) is 0 Å². The van der Waals surface area contributed by atoms with Gasteiger partial charge in [0.15, 0.2) is 11.5 Å². The number of alkyl halides is 1. The van der Waals surface area contributed by atoms with Gasteiger partial charge in [0.05, 0.1) is 4.92 Å². The molecule has 1 unspecified atom stereocenters. The molecule has 3 N–H and O–H groups in total. The van der Waals surface area contributed by atoms with Crippen molar-refractivity contribution in [2.24, 2.45) is 10.7 Å². The van der Waals surface area contributed by atoms with E-state index in [2.05, 4.69) is 10.3 Å². The highest BCUT2D eigenvalue weighted by atomic mass is 35.5. The molecule has 0 aromatic heterocycles. The summed E-state index contributed by atoms with van der Waals surface area (Å²) in [7, 11) is 0. The lowest BCUT2D eigenvalue weighted by Crippen LogP contribution is -2.41. The van der Waals surface area contributed by atoms with E-state index in [0.29, 0.717) is 0 Å². The number of nitrogens with two attached hydrogens (primary N) is 1. The average Bonchev–Trinajstić information content (AvgIpc) is 1.85. The van der Waals surface area contributed by atoms with Crippen LogP contribution >= 0.6 is 11.6 Å². The monoisotopic (exact) mass is 176 g/mol. The summed E-state index contributed by atoms with van der Waals surface area (Å²) in [6.07, 6.45) is 1.03. The normalized spacial score (nSPS) is 23.2. The molecule has 6 nitrogen and oxygen atoms in total. The van der Waals surface area contributed by atoms with Gasteiger partial charge in [-0.25, -0.2) is 4.99 Å². The van der Waals surface area contributed by atoms with Gasteiger partial charge in [-0.05, 0) is 0 Å². The van der Waals surface area contributed by atoms with E-state index in [1.165, 1.54) is 0 Å². The Morgan fingerprint density at radius 2 is 2.55 bits per heavy atom. The minimum absolute atomic E-state index is 0.0793. The third-order valence-electron chi connectivity index (χ3n) is 1.08. The fourth-order valence-electron chi connectivity index (χ4n) is 0.582. The molecule has 1 heterocycles. The van der Waals surface area contributed by atoms with Gasteiger partial charge in [0.1, 0.15) is 6.20 Å². The molecule has 11 heavy (non-hydrogen) atoms. The van der Waals surface area contributed by atoms with Crippen LogP contribution in [-0.2, 0) is 0 Å². The molecule has 0 aliphatic carbocycles. The van der Waals surface area contributed by atoms with Crippen LogP contribution in [0, 0.1) is 10.1 Å². The number of rotatable bonds is 1. The highest BCUT2D eigenvalue weighted by Gasteiger charge is 2.25. The molecule has 1 atom stereocenters. The number of hydrogen-bond donors (Lipinski definition) is 2. The molecular formula is C4H5ClN4O2. The summed E-state index contributed by atoms with van der Waals surface area (Å²) in [5.74, 6) is 0.0793. The first-order valence-electron chi connectivity index (χ1n) is 2.69. The maximum atomic E-state index is 10.2. The van der Waals surface area contributed by atoms with Crippen molar-refractivity contribution < 1.29 is 4.92 Å². The molecule has 1 aliphatic heterocycles. The van der Waals surface area contributed by atoms with Gasteiger partial charge in [-0.15, -0.1) is 0 Å². The van der Waals surface area contributed by atoms with Gasteiger partial charge in [-0.2, -0.15) is 0 Å². The molecule has 0 saturated carbocycles. The fraction of sp³-hybridized carbons (Fsp3) is 0.250. The number of nitrogens with zero attached hydrogens (tertiary/aromatic N) is 2. The van der Waals surface area contributed by atoms with E-state index in [4.69, 9.17) is 17.3 Å². The van der Waals surface area contributed by atoms with Crippen molar-refractivity contribution in [3.8, 4) is 0 Å². The Balaban J connectivity index is 2.87. The summed E-state index contributed by atoms with van der Waals surface area (Å²) in [4.78, 5) is 13.0. The molecule has 0 amide bonds. The highest BCUT2D eigenvalue weighted by molar-refractivity contribution is 6.23. The molecule has 0 aromatic rings. The first kappa shape index (κ1) is 7.80. The van der Waals surface area contributed by atoms with Crippen LogP contribution in [0.4, 0.5) is 0 Å². The van der Waals surface area contributed by atoms with Crippen molar-refractivity contribution >= 4 is 17.6 Å². The van der Waals surface area contributed by atoms with Gasteiger partial charge in [0, 0.05) is 0 Å². The molecular weight excluding hydrogens is 172 g/mol. The minimum Gasteiger partial charge on any atom is -0.370 e. The predicted octanol–water partition coefficient (Wildman–Crippen LogP) is -0.413. The molecule has 1 aliphatic rings. The van der Waals surface area contributed by atoms with Gasteiger partial charge in [-0.1, -0.05) is 11.6 Å². The lowest BCUT2D eigenvalue weighted by Gasteiger charge is -2.12. The average molecular weight is 177 g/mol. The van der Waals surface area contributed by atoms with Crippen LogP contribution in [0.1, 0.15) is 0 Å². The van der Waals surface area contributed by atoms with Crippen LogP contribution in [-0.4, -0.2) is 16.4 Å². The van der Waals surface area contributed by atoms with Crippen LogP contribution in [0.3, 0.4) is 0 Å². The van der Waals surface area contributed by atoms with E-state index < -0.39 is 10.4 Å². The fourth-order valence-corrected chi connectivity index (χ4v) is 0.830. The van der Waals surface area contributed by atoms with Gasteiger partial charge in [0.2, 0.25) is 0 Å². The number of hydrogen-bond acceptors (Lipinski definition) is 5. The van der Waals surface area contributed by atoms with Crippen molar-refractivity contribution in [1.82, 2.24) is 5.32 Å². The van der Waals surface area contributed by atoms with Crippen molar-refractivity contribution in [2.45, 2.75) is 5.50 Å². The molecule has 0 bridgehead atoms. The molecule has 0 spiro atoms. The highest BCUT2D eigenvalue weighted by Crippen LogP contribution is 2.10. The standard InChI is InChI=1S/C4H5ClN4O2/c5-3-2(9(10)11)1-7-4(6)8-3/h1,3H,(H3,6,7,8). The summed E-state index contributed by atoms with van der Waals surface area (Å²) < 4.78 is 0. The Morgan fingerprint density at radius 3 is 3.00 bits per heavy atom. The molecule has 0 fully saturated rings. The summed E-state index contributed by atoms with van der Waals surface area (Å²) >= 11 is 5.49. The smallest absolute Gasteiger partial charge is 0.301 e. The second-order valence-electron chi connectivity index (χ2n) is 1.83. The topological polar surface area (TPSA) is 93.5 Å². The Bertz CT molecular complexity index is 248. The van der Waals surface area contributed by atoms with Gasteiger partial charge >= 0.3 is 5.70 Å².